The first-order valence-electron chi connectivity index (χ1n) is 17.3. The molecule has 0 aliphatic carbocycles. The van der Waals surface area contributed by atoms with Gasteiger partial charge in [0.05, 0.1) is 5.60 Å². The zero-order valence-electron chi connectivity index (χ0n) is 27.9. The number of fused-ring (bicyclic) bond motifs is 1. The number of carbonyl (C=O) groups excluding carboxylic acids is 3. The highest BCUT2D eigenvalue weighted by Gasteiger charge is 2.41. The maximum absolute atomic E-state index is 13.1. The Morgan fingerprint density at radius 3 is 2.33 bits per heavy atom. The maximum atomic E-state index is 13.1. The molecule has 0 radical (unpaired) electrons. The van der Waals surface area contributed by atoms with Crippen LogP contribution in [0.2, 0.25) is 0 Å². The van der Waals surface area contributed by atoms with Crippen LogP contribution in [0, 0.1) is 0 Å². The van der Waals surface area contributed by atoms with E-state index in [0.29, 0.717) is 37.3 Å². The third-order valence-corrected chi connectivity index (χ3v) is 10.6. The summed E-state index contributed by atoms with van der Waals surface area (Å²) in [4.78, 5) is 55.1. The van der Waals surface area contributed by atoms with Crippen molar-refractivity contribution >= 4 is 29.4 Å². The van der Waals surface area contributed by atoms with Gasteiger partial charge in [-0.2, -0.15) is 0 Å². The number of aromatic nitrogens is 2. The largest absolute Gasteiger partial charge is 0.385 e. The standard InChI is InChI=1S/C37H45N7O4/c1-25(2)28-21-38-36(39-22-28)43-15-3-14-42(18-19-43)30-7-4-26(5-8-30)23-41-16-12-37(48,13-17-41)29-6-9-31-27(20-29)24-44(35(31)47)32-10-11-33(45)40-34(32)46/h4-9,20-22,25,32,48H,3,10-19,23-24H2,1-2H3,(H,40,45,46). The van der Waals surface area contributed by atoms with E-state index >= 15 is 0 Å². The second-order valence-electron chi connectivity index (χ2n) is 14.0. The third-order valence-electron chi connectivity index (χ3n) is 10.6. The summed E-state index contributed by atoms with van der Waals surface area (Å²) in [6, 6.07) is 13.8. The van der Waals surface area contributed by atoms with E-state index < -0.39 is 17.6 Å². The molecule has 11 nitrogen and oxygen atoms in total. The van der Waals surface area contributed by atoms with Gasteiger partial charge in [0, 0.05) is 82.4 Å². The van der Waals surface area contributed by atoms with E-state index in [0.717, 1.165) is 74.9 Å². The van der Waals surface area contributed by atoms with E-state index in [1.807, 2.05) is 24.5 Å². The van der Waals surface area contributed by atoms with Crippen LogP contribution >= 0.6 is 0 Å². The fourth-order valence-electron chi connectivity index (χ4n) is 7.47. The molecule has 252 valence electrons. The number of benzene rings is 2. The molecule has 1 atom stereocenters. The van der Waals surface area contributed by atoms with Crippen LogP contribution in [0.25, 0.3) is 0 Å². The zero-order valence-corrected chi connectivity index (χ0v) is 27.9. The van der Waals surface area contributed by atoms with Gasteiger partial charge >= 0.3 is 0 Å². The van der Waals surface area contributed by atoms with Gasteiger partial charge in [0.1, 0.15) is 6.04 Å². The van der Waals surface area contributed by atoms with Crippen LogP contribution < -0.4 is 15.1 Å². The number of carbonyl (C=O) groups is 3. The van der Waals surface area contributed by atoms with Crippen molar-refractivity contribution in [2.24, 2.45) is 0 Å². The molecule has 0 spiro atoms. The fraction of sp³-hybridized carbons (Fsp3) is 0.486. The Kier molecular flexibility index (Phi) is 8.91. The number of hydrogen-bond donors (Lipinski definition) is 2. The molecule has 3 amide bonds. The molecule has 2 aromatic carbocycles. The van der Waals surface area contributed by atoms with E-state index in [4.69, 9.17) is 0 Å². The SMILES string of the molecule is CC(C)c1cnc(N2CCCN(c3ccc(CN4CCC(O)(c5ccc6c(c5)CN(C5CCC(=O)NC5=O)C6=O)CC4)cc3)CC2)nc1. The average Bonchev–Trinajstić information content (AvgIpc) is 3.24. The number of hydrogen-bond acceptors (Lipinski definition) is 9. The van der Waals surface area contributed by atoms with Crippen molar-refractivity contribution in [2.45, 2.75) is 76.6 Å². The summed E-state index contributed by atoms with van der Waals surface area (Å²) in [7, 11) is 0. The molecule has 0 saturated carbocycles. The Balaban J connectivity index is 0.918. The Hall–Kier alpha value is -4.35. The summed E-state index contributed by atoms with van der Waals surface area (Å²) >= 11 is 0. The Morgan fingerprint density at radius 1 is 0.917 bits per heavy atom. The first-order valence-corrected chi connectivity index (χ1v) is 17.3. The van der Waals surface area contributed by atoms with Crippen molar-refractivity contribution in [1.29, 1.82) is 0 Å². The predicted octanol–water partition coefficient (Wildman–Crippen LogP) is 3.56. The topological polar surface area (TPSA) is 122 Å². The molecule has 1 aromatic heterocycles. The van der Waals surface area contributed by atoms with Crippen molar-refractivity contribution in [3.8, 4) is 0 Å². The number of anilines is 2. The molecule has 11 heteroatoms. The highest BCUT2D eigenvalue weighted by molar-refractivity contribution is 6.05. The van der Waals surface area contributed by atoms with Crippen molar-refractivity contribution in [2.75, 3.05) is 49.1 Å². The van der Waals surface area contributed by atoms with Crippen LogP contribution in [-0.2, 0) is 28.3 Å². The van der Waals surface area contributed by atoms with Gasteiger partial charge in [-0.15, -0.1) is 0 Å². The average molecular weight is 652 g/mol. The second kappa shape index (κ2) is 13.3. The minimum absolute atomic E-state index is 0.196. The summed E-state index contributed by atoms with van der Waals surface area (Å²) in [5.41, 5.74) is 4.88. The second-order valence-corrected chi connectivity index (χ2v) is 14.0. The van der Waals surface area contributed by atoms with E-state index in [1.54, 1.807) is 11.0 Å². The first kappa shape index (κ1) is 32.2. The lowest BCUT2D eigenvalue weighted by Gasteiger charge is -2.38. The number of piperidine rings is 2. The third kappa shape index (κ3) is 6.53. The van der Waals surface area contributed by atoms with Gasteiger partial charge in [-0.1, -0.05) is 38.1 Å². The molecule has 48 heavy (non-hydrogen) atoms. The summed E-state index contributed by atoms with van der Waals surface area (Å²) in [6.45, 7) is 10.7. The maximum Gasteiger partial charge on any atom is 0.255 e. The molecule has 5 heterocycles. The molecule has 7 rings (SSSR count). The highest BCUT2D eigenvalue weighted by atomic mass is 16.3. The van der Waals surface area contributed by atoms with Crippen LogP contribution in [0.5, 0.6) is 0 Å². The number of aliphatic hydroxyl groups is 1. The minimum atomic E-state index is -0.970. The number of likely N-dealkylation sites (tertiary alicyclic amines) is 1. The van der Waals surface area contributed by atoms with Crippen LogP contribution in [0.3, 0.4) is 0 Å². The molecular formula is C37H45N7O4. The number of nitrogens with one attached hydrogen (secondary N) is 1. The van der Waals surface area contributed by atoms with E-state index in [-0.39, 0.29) is 18.2 Å². The van der Waals surface area contributed by atoms with Gasteiger partial charge < -0.3 is 19.8 Å². The lowest BCUT2D eigenvalue weighted by atomic mass is 9.83. The van der Waals surface area contributed by atoms with Gasteiger partial charge in [0.2, 0.25) is 17.8 Å². The van der Waals surface area contributed by atoms with Crippen molar-refractivity contribution in [3.63, 3.8) is 0 Å². The van der Waals surface area contributed by atoms with Gasteiger partial charge in [-0.3, -0.25) is 24.6 Å². The first-order chi connectivity index (χ1) is 23.2. The summed E-state index contributed by atoms with van der Waals surface area (Å²) in [5, 5.41) is 14.0. The van der Waals surface area contributed by atoms with Crippen molar-refractivity contribution < 1.29 is 19.5 Å². The molecule has 0 bridgehead atoms. The monoisotopic (exact) mass is 651 g/mol. The van der Waals surface area contributed by atoms with Crippen LogP contribution in [0.4, 0.5) is 11.6 Å². The quantitative estimate of drug-likeness (QED) is 0.370. The number of amides is 3. The Morgan fingerprint density at radius 2 is 1.62 bits per heavy atom. The van der Waals surface area contributed by atoms with E-state index in [2.05, 4.69) is 68.1 Å². The fourth-order valence-corrected chi connectivity index (χ4v) is 7.47. The summed E-state index contributed by atoms with van der Waals surface area (Å²) < 4.78 is 0. The van der Waals surface area contributed by atoms with Crippen LogP contribution in [0.1, 0.15) is 84.5 Å². The van der Waals surface area contributed by atoms with Crippen molar-refractivity contribution in [1.82, 2.24) is 25.1 Å². The van der Waals surface area contributed by atoms with Crippen LogP contribution in [0.15, 0.2) is 54.9 Å². The molecule has 1 unspecified atom stereocenters. The van der Waals surface area contributed by atoms with Gasteiger partial charge in [-0.25, -0.2) is 9.97 Å². The molecule has 2 N–H and O–H groups in total. The molecule has 3 fully saturated rings. The lowest BCUT2D eigenvalue weighted by molar-refractivity contribution is -0.136. The van der Waals surface area contributed by atoms with E-state index in [9.17, 15) is 19.5 Å². The molecule has 4 aliphatic heterocycles. The number of imide groups is 1. The van der Waals surface area contributed by atoms with E-state index in [1.165, 1.54) is 11.3 Å². The summed E-state index contributed by atoms with van der Waals surface area (Å²) in [5.74, 6) is 0.327. The molecular weight excluding hydrogens is 606 g/mol. The molecule has 4 aliphatic rings. The number of nitrogens with zero attached hydrogens (tertiary/aromatic N) is 6. The number of rotatable bonds is 7. The molecule has 3 aromatic rings. The molecule has 3 saturated heterocycles. The van der Waals surface area contributed by atoms with Gasteiger partial charge in [0.15, 0.2) is 0 Å². The van der Waals surface area contributed by atoms with Gasteiger partial charge in [-0.05, 0) is 72.1 Å². The Bertz CT molecular complexity index is 1670. The predicted molar refractivity (Wildman–Crippen MR) is 183 cm³/mol. The Labute approximate surface area is 281 Å². The van der Waals surface area contributed by atoms with Gasteiger partial charge in [0.25, 0.3) is 5.91 Å². The zero-order chi connectivity index (χ0) is 33.4. The lowest BCUT2D eigenvalue weighted by Crippen LogP contribution is -2.52. The highest BCUT2D eigenvalue weighted by Crippen LogP contribution is 2.37. The minimum Gasteiger partial charge on any atom is -0.385 e. The smallest absolute Gasteiger partial charge is 0.255 e. The van der Waals surface area contributed by atoms with Crippen LogP contribution in [-0.4, -0.2) is 87.9 Å². The van der Waals surface area contributed by atoms with Crippen molar-refractivity contribution in [3.05, 3.63) is 82.7 Å². The summed E-state index contributed by atoms with van der Waals surface area (Å²) in [6.07, 6.45) is 6.71. The normalized spacial score (nSPS) is 21.8.